The van der Waals surface area contributed by atoms with Gasteiger partial charge in [-0.15, -0.1) is 0 Å². The largest absolute Gasteiger partial charge is 0.481 e. The van der Waals surface area contributed by atoms with Crippen molar-refractivity contribution >= 4 is 11.7 Å². The van der Waals surface area contributed by atoms with Gasteiger partial charge in [0.25, 0.3) is 5.91 Å². The quantitative estimate of drug-likeness (QED) is 0.690. The minimum atomic E-state index is -0.586. The van der Waals surface area contributed by atoms with Crippen molar-refractivity contribution in [3.8, 4) is 11.6 Å². The van der Waals surface area contributed by atoms with Gasteiger partial charge in [-0.05, 0) is 26.0 Å². The van der Waals surface area contributed by atoms with E-state index in [1.807, 2.05) is 43.3 Å². The van der Waals surface area contributed by atoms with Crippen molar-refractivity contribution < 1.29 is 19.0 Å². The van der Waals surface area contributed by atoms with Gasteiger partial charge in [0, 0.05) is 19.2 Å². The molecule has 8 nitrogen and oxygen atoms in total. The number of nitrogens with zero attached hydrogens (tertiary/aromatic N) is 3. The van der Waals surface area contributed by atoms with Crippen molar-refractivity contribution in [2.24, 2.45) is 0 Å². The number of carbonyl (C=O) groups excluding carboxylic acids is 1. The Morgan fingerprint density at radius 2 is 2.00 bits per heavy atom. The fourth-order valence-electron chi connectivity index (χ4n) is 2.78. The second-order valence-corrected chi connectivity index (χ2v) is 6.42. The lowest BCUT2D eigenvalue weighted by molar-refractivity contribution is -0.127. The predicted molar refractivity (Wildman–Crippen MR) is 105 cm³/mol. The van der Waals surface area contributed by atoms with E-state index in [-0.39, 0.29) is 5.91 Å². The number of aryl methyl sites for hydroxylation is 1. The number of para-hydroxylation sites is 1. The molecule has 0 spiro atoms. The van der Waals surface area contributed by atoms with Crippen LogP contribution in [-0.4, -0.2) is 61.4 Å². The van der Waals surface area contributed by atoms with Gasteiger partial charge in [-0.2, -0.15) is 4.98 Å². The number of anilines is 1. The molecule has 28 heavy (non-hydrogen) atoms. The van der Waals surface area contributed by atoms with E-state index < -0.39 is 6.10 Å². The molecule has 3 rings (SSSR count). The van der Waals surface area contributed by atoms with Gasteiger partial charge in [-0.1, -0.05) is 18.2 Å². The Hall–Kier alpha value is -2.87. The summed E-state index contributed by atoms with van der Waals surface area (Å²) in [6, 6.07) is 11.1. The summed E-state index contributed by atoms with van der Waals surface area (Å²) < 4.78 is 16.7. The summed E-state index contributed by atoms with van der Waals surface area (Å²) in [5.74, 6) is 2.44. The molecule has 1 aromatic carbocycles. The first-order valence-corrected chi connectivity index (χ1v) is 9.42. The average molecular weight is 386 g/mol. The highest BCUT2D eigenvalue weighted by Crippen LogP contribution is 2.18. The van der Waals surface area contributed by atoms with Gasteiger partial charge in [0.1, 0.15) is 24.0 Å². The van der Waals surface area contributed by atoms with Crippen LogP contribution in [0, 0.1) is 6.92 Å². The number of rotatable bonds is 8. The fraction of sp³-hybridized carbons (Fsp3) is 0.450. The Labute approximate surface area is 164 Å². The van der Waals surface area contributed by atoms with Crippen LogP contribution in [0.4, 0.5) is 5.82 Å². The number of morpholine rings is 1. The van der Waals surface area contributed by atoms with Crippen molar-refractivity contribution in [2.45, 2.75) is 20.0 Å². The van der Waals surface area contributed by atoms with Crippen LogP contribution in [0.15, 0.2) is 36.4 Å². The van der Waals surface area contributed by atoms with Crippen LogP contribution in [0.3, 0.4) is 0 Å². The molecule has 1 saturated heterocycles. The summed E-state index contributed by atoms with van der Waals surface area (Å²) in [7, 11) is 0. The second-order valence-electron chi connectivity index (χ2n) is 6.42. The van der Waals surface area contributed by atoms with Gasteiger partial charge in [0.05, 0.1) is 19.8 Å². The highest BCUT2D eigenvalue weighted by molar-refractivity contribution is 5.80. The monoisotopic (exact) mass is 386 g/mol. The van der Waals surface area contributed by atoms with Crippen LogP contribution in [0.2, 0.25) is 0 Å². The summed E-state index contributed by atoms with van der Waals surface area (Å²) in [6.45, 7) is 7.19. The highest BCUT2D eigenvalue weighted by atomic mass is 16.5. The molecule has 2 aromatic rings. The molecular formula is C20H26N4O4. The Morgan fingerprint density at radius 1 is 1.25 bits per heavy atom. The van der Waals surface area contributed by atoms with E-state index >= 15 is 0 Å². The first kappa shape index (κ1) is 19.9. The maximum absolute atomic E-state index is 12.1. The van der Waals surface area contributed by atoms with E-state index in [0.717, 1.165) is 18.9 Å². The van der Waals surface area contributed by atoms with Crippen LogP contribution in [0.25, 0.3) is 0 Å². The van der Waals surface area contributed by atoms with Crippen molar-refractivity contribution in [2.75, 3.05) is 44.4 Å². The van der Waals surface area contributed by atoms with E-state index in [2.05, 4.69) is 20.2 Å². The SMILES string of the molecule is Cc1nc(OCCNC(=O)C(C)Oc2ccccc2)cc(N2CCOCC2)n1. The Bertz CT molecular complexity index is 766. The molecule has 8 heteroatoms. The first-order chi connectivity index (χ1) is 13.6. The maximum Gasteiger partial charge on any atom is 0.260 e. The predicted octanol–water partition coefficient (Wildman–Crippen LogP) is 1.58. The Kier molecular flexibility index (Phi) is 7.02. The lowest BCUT2D eigenvalue weighted by Crippen LogP contribution is -2.38. The average Bonchev–Trinajstić information content (AvgIpc) is 2.72. The van der Waals surface area contributed by atoms with Crippen LogP contribution in [0.1, 0.15) is 12.7 Å². The zero-order valence-electron chi connectivity index (χ0n) is 16.3. The standard InChI is InChI=1S/C20H26N4O4/c1-15(28-17-6-4-3-5-7-17)20(25)21-8-11-27-19-14-18(22-16(2)23-19)24-9-12-26-13-10-24/h3-7,14-15H,8-13H2,1-2H3,(H,21,25). The number of amides is 1. The number of carbonyl (C=O) groups is 1. The number of hydrogen-bond acceptors (Lipinski definition) is 7. The number of nitrogens with one attached hydrogen (secondary N) is 1. The topological polar surface area (TPSA) is 85.8 Å². The molecule has 1 atom stereocenters. The van der Waals surface area contributed by atoms with Crippen LogP contribution < -0.4 is 19.7 Å². The van der Waals surface area contributed by atoms with E-state index in [4.69, 9.17) is 14.2 Å². The van der Waals surface area contributed by atoms with Gasteiger partial charge in [0.15, 0.2) is 6.10 Å². The summed E-state index contributed by atoms with van der Waals surface area (Å²) >= 11 is 0. The number of benzene rings is 1. The summed E-state index contributed by atoms with van der Waals surface area (Å²) in [4.78, 5) is 23.1. The zero-order valence-corrected chi connectivity index (χ0v) is 16.3. The van der Waals surface area contributed by atoms with E-state index in [0.29, 0.717) is 43.8 Å². The molecule has 1 aromatic heterocycles. The Morgan fingerprint density at radius 3 is 2.75 bits per heavy atom. The van der Waals surface area contributed by atoms with Gasteiger partial charge < -0.3 is 24.4 Å². The Balaban J connectivity index is 1.44. The third kappa shape index (κ3) is 5.82. The summed E-state index contributed by atoms with van der Waals surface area (Å²) in [5, 5.41) is 2.81. The zero-order chi connectivity index (χ0) is 19.8. The molecule has 150 valence electrons. The summed E-state index contributed by atoms with van der Waals surface area (Å²) in [5.41, 5.74) is 0. The highest BCUT2D eigenvalue weighted by Gasteiger charge is 2.16. The lowest BCUT2D eigenvalue weighted by Gasteiger charge is -2.28. The molecule has 0 bridgehead atoms. The number of aromatic nitrogens is 2. The molecule has 0 saturated carbocycles. The van der Waals surface area contributed by atoms with Crippen molar-refractivity contribution in [1.29, 1.82) is 0 Å². The molecule has 1 N–H and O–H groups in total. The van der Waals surface area contributed by atoms with Gasteiger partial charge in [0.2, 0.25) is 5.88 Å². The van der Waals surface area contributed by atoms with Gasteiger partial charge in [-0.25, -0.2) is 4.98 Å². The molecule has 1 aliphatic rings. The van der Waals surface area contributed by atoms with Crippen LogP contribution in [0.5, 0.6) is 11.6 Å². The molecule has 2 heterocycles. The van der Waals surface area contributed by atoms with Gasteiger partial charge in [-0.3, -0.25) is 4.79 Å². The molecule has 0 aliphatic carbocycles. The molecule has 1 aliphatic heterocycles. The number of hydrogen-bond donors (Lipinski definition) is 1. The van der Waals surface area contributed by atoms with Crippen molar-refractivity contribution in [3.05, 3.63) is 42.2 Å². The summed E-state index contributed by atoms with van der Waals surface area (Å²) in [6.07, 6.45) is -0.586. The van der Waals surface area contributed by atoms with E-state index in [1.165, 1.54) is 0 Å². The third-order valence-electron chi connectivity index (χ3n) is 4.21. The molecule has 1 unspecified atom stereocenters. The van der Waals surface area contributed by atoms with Gasteiger partial charge >= 0.3 is 0 Å². The lowest BCUT2D eigenvalue weighted by atomic mass is 10.3. The van der Waals surface area contributed by atoms with E-state index in [1.54, 1.807) is 6.92 Å². The first-order valence-electron chi connectivity index (χ1n) is 9.42. The fourth-order valence-corrected chi connectivity index (χ4v) is 2.78. The minimum Gasteiger partial charge on any atom is -0.481 e. The normalized spacial score (nSPS) is 15.0. The molecular weight excluding hydrogens is 360 g/mol. The molecule has 1 amide bonds. The van der Waals surface area contributed by atoms with Crippen LogP contribution in [-0.2, 0) is 9.53 Å². The molecule has 1 fully saturated rings. The third-order valence-corrected chi connectivity index (χ3v) is 4.21. The second kappa shape index (κ2) is 9.89. The number of ether oxygens (including phenoxy) is 3. The van der Waals surface area contributed by atoms with Crippen LogP contribution >= 0.6 is 0 Å². The van der Waals surface area contributed by atoms with E-state index in [9.17, 15) is 4.79 Å². The minimum absolute atomic E-state index is 0.194. The molecule has 0 radical (unpaired) electrons. The maximum atomic E-state index is 12.1. The van der Waals surface area contributed by atoms with Crippen molar-refractivity contribution in [1.82, 2.24) is 15.3 Å². The smallest absolute Gasteiger partial charge is 0.260 e. The van der Waals surface area contributed by atoms with Crippen molar-refractivity contribution in [3.63, 3.8) is 0 Å².